The molecule has 20 heavy (non-hydrogen) atoms. The van der Waals surface area contributed by atoms with Crippen LogP contribution in [0.15, 0.2) is 18.2 Å². The van der Waals surface area contributed by atoms with Crippen molar-refractivity contribution in [2.24, 2.45) is 0 Å². The van der Waals surface area contributed by atoms with Crippen molar-refractivity contribution in [3.8, 4) is 0 Å². The van der Waals surface area contributed by atoms with Crippen LogP contribution in [-0.4, -0.2) is 43.5 Å². The van der Waals surface area contributed by atoms with E-state index in [9.17, 15) is 4.79 Å². The number of benzene rings is 1. The van der Waals surface area contributed by atoms with Crippen molar-refractivity contribution in [3.63, 3.8) is 0 Å². The molecule has 0 N–H and O–H groups in total. The summed E-state index contributed by atoms with van der Waals surface area (Å²) in [5.41, 5.74) is 0.482. The number of Topliss-reactive ketones (excluding diaryl/α,β-unsaturated/α-hetero) is 1. The molecule has 1 aromatic carbocycles. The number of ether oxygens (including phenoxy) is 1. The number of halogens is 2. The van der Waals surface area contributed by atoms with E-state index in [1.165, 1.54) is 6.42 Å². The van der Waals surface area contributed by atoms with E-state index in [-0.39, 0.29) is 11.9 Å². The lowest BCUT2D eigenvalue weighted by molar-refractivity contribution is -0.000667. The van der Waals surface area contributed by atoms with Crippen LogP contribution in [0.5, 0.6) is 0 Å². The molecule has 2 rings (SSSR count). The first-order valence-electron chi connectivity index (χ1n) is 6.84. The van der Waals surface area contributed by atoms with Gasteiger partial charge in [-0.1, -0.05) is 23.2 Å². The van der Waals surface area contributed by atoms with E-state index in [0.717, 1.165) is 26.0 Å². The minimum absolute atomic E-state index is 0.0178. The van der Waals surface area contributed by atoms with Crippen LogP contribution in [-0.2, 0) is 4.74 Å². The number of hydrogen-bond donors (Lipinski definition) is 0. The lowest BCUT2D eigenvalue weighted by Gasteiger charge is -2.27. The highest BCUT2D eigenvalue weighted by Gasteiger charge is 2.19. The zero-order valence-electron chi connectivity index (χ0n) is 11.6. The van der Waals surface area contributed by atoms with Crippen LogP contribution in [0.25, 0.3) is 0 Å². The smallest absolute Gasteiger partial charge is 0.178 e. The Labute approximate surface area is 129 Å². The summed E-state index contributed by atoms with van der Waals surface area (Å²) in [4.78, 5) is 14.2. The first kappa shape index (κ1) is 15.8. The normalized spacial score (nSPS) is 19.3. The number of nitrogens with zero attached hydrogens (tertiary/aromatic N) is 1. The lowest BCUT2D eigenvalue weighted by Crippen LogP contribution is -2.36. The van der Waals surface area contributed by atoms with E-state index in [1.807, 2.05) is 11.9 Å². The van der Waals surface area contributed by atoms with E-state index >= 15 is 0 Å². The third-order valence-corrected chi connectivity index (χ3v) is 4.00. The zero-order chi connectivity index (χ0) is 14.5. The zero-order valence-corrected chi connectivity index (χ0v) is 13.1. The first-order chi connectivity index (χ1) is 9.56. The number of carbonyl (C=O) groups is 1. The third-order valence-electron chi connectivity index (χ3n) is 3.43. The third kappa shape index (κ3) is 4.45. The molecule has 0 amide bonds. The predicted octanol–water partition coefficient (Wildman–Crippen LogP) is 3.68. The molecule has 5 heteroatoms. The van der Waals surface area contributed by atoms with Crippen LogP contribution in [0.1, 0.15) is 29.6 Å². The molecular weight excluding hydrogens is 297 g/mol. The summed E-state index contributed by atoms with van der Waals surface area (Å²) < 4.78 is 5.68. The summed E-state index contributed by atoms with van der Waals surface area (Å²) in [6.07, 6.45) is 3.64. The Balaban J connectivity index is 1.91. The number of carbonyl (C=O) groups excluding carboxylic acids is 1. The Bertz CT molecular complexity index is 473. The van der Waals surface area contributed by atoms with Gasteiger partial charge in [-0.25, -0.2) is 0 Å². The van der Waals surface area contributed by atoms with E-state index in [0.29, 0.717) is 22.2 Å². The van der Waals surface area contributed by atoms with Crippen molar-refractivity contribution in [3.05, 3.63) is 33.8 Å². The summed E-state index contributed by atoms with van der Waals surface area (Å²) in [5, 5.41) is 0.970. The maximum absolute atomic E-state index is 12.2. The molecule has 0 aromatic heterocycles. The summed E-state index contributed by atoms with van der Waals surface area (Å²) in [7, 11) is 1.92. The van der Waals surface area contributed by atoms with Gasteiger partial charge in [0.2, 0.25) is 0 Å². The van der Waals surface area contributed by atoms with Gasteiger partial charge in [-0.2, -0.15) is 0 Å². The van der Waals surface area contributed by atoms with Crippen LogP contribution in [0, 0.1) is 0 Å². The van der Waals surface area contributed by atoms with E-state index < -0.39 is 0 Å². The molecule has 1 atom stereocenters. The van der Waals surface area contributed by atoms with E-state index in [2.05, 4.69) is 0 Å². The van der Waals surface area contributed by atoms with Gasteiger partial charge >= 0.3 is 0 Å². The second-order valence-electron chi connectivity index (χ2n) is 5.23. The fourth-order valence-electron chi connectivity index (χ4n) is 2.41. The Morgan fingerprint density at radius 2 is 2.20 bits per heavy atom. The number of likely N-dealkylation sites (N-methyl/N-ethyl adjacent to an activating group) is 1. The molecule has 1 aliphatic rings. The summed E-state index contributed by atoms with van der Waals surface area (Å²) in [6, 6.07) is 4.96. The number of ketones is 1. The van der Waals surface area contributed by atoms with Gasteiger partial charge in [0.1, 0.15) is 0 Å². The van der Waals surface area contributed by atoms with Gasteiger partial charge < -0.3 is 4.74 Å². The predicted molar refractivity (Wildman–Crippen MR) is 81.9 cm³/mol. The topological polar surface area (TPSA) is 29.5 Å². The molecule has 3 nitrogen and oxygen atoms in total. The van der Waals surface area contributed by atoms with Gasteiger partial charge in [0.05, 0.1) is 17.7 Å². The molecule has 1 unspecified atom stereocenters. The second kappa shape index (κ2) is 7.41. The number of rotatable bonds is 5. The molecule has 1 aromatic rings. The summed E-state index contributed by atoms with van der Waals surface area (Å²) in [5.74, 6) is -0.0178. The van der Waals surface area contributed by atoms with Crippen LogP contribution in [0.4, 0.5) is 0 Å². The monoisotopic (exact) mass is 315 g/mol. The fraction of sp³-hybridized carbons (Fsp3) is 0.533. The molecule has 110 valence electrons. The van der Waals surface area contributed by atoms with E-state index in [4.69, 9.17) is 27.9 Å². The molecule has 0 aliphatic carbocycles. The Kier molecular flexibility index (Phi) is 5.85. The molecule has 1 saturated heterocycles. The number of hydrogen-bond acceptors (Lipinski definition) is 3. The maximum atomic E-state index is 12.2. The highest BCUT2D eigenvalue weighted by Crippen LogP contribution is 2.21. The largest absolute Gasteiger partial charge is 0.377 e. The quantitative estimate of drug-likeness (QED) is 0.776. The van der Waals surface area contributed by atoms with Crippen molar-refractivity contribution in [1.82, 2.24) is 4.90 Å². The molecule has 0 saturated carbocycles. The van der Waals surface area contributed by atoms with E-state index in [1.54, 1.807) is 18.2 Å². The summed E-state index contributed by atoms with van der Waals surface area (Å²) >= 11 is 12.0. The van der Waals surface area contributed by atoms with Crippen molar-refractivity contribution < 1.29 is 9.53 Å². The van der Waals surface area contributed by atoms with Crippen LogP contribution >= 0.6 is 23.2 Å². The van der Waals surface area contributed by atoms with Gasteiger partial charge in [0.15, 0.2) is 5.78 Å². The first-order valence-corrected chi connectivity index (χ1v) is 7.60. The summed E-state index contributed by atoms with van der Waals surface area (Å²) in [6.45, 7) is 1.91. The van der Waals surface area contributed by atoms with Crippen LogP contribution in [0.3, 0.4) is 0 Å². The molecule has 0 bridgehead atoms. The lowest BCUT2D eigenvalue weighted by atomic mass is 10.1. The molecular formula is C15H19Cl2NO2. The molecule has 0 radical (unpaired) electrons. The Morgan fingerprint density at radius 3 is 2.90 bits per heavy atom. The van der Waals surface area contributed by atoms with Crippen LogP contribution in [0.2, 0.25) is 10.0 Å². The van der Waals surface area contributed by atoms with Gasteiger partial charge in [0.25, 0.3) is 0 Å². The Morgan fingerprint density at radius 1 is 1.40 bits per heavy atom. The minimum Gasteiger partial charge on any atom is -0.377 e. The molecule has 1 heterocycles. The van der Waals surface area contributed by atoms with Gasteiger partial charge in [0, 0.05) is 23.7 Å². The highest BCUT2D eigenvalue weighted by molar-refractivity contribution is 6.36. The van der Waals surface area contributed by atoms with Crippen molar-refractivity contribution in [2.75, 3.05) is 26.7 Å². The van der Waals surface area contributed by atoms with Crippen molar-refractivity contribution in [2.45, 2.75) is 25.4 Å². The average Bonchev–Trinajstić information content (AvgIpc) is 2.42. The fourth-order valence-corrected chi connectivity index (χ4v) is 2.80. The van der Waals surface area contributed by atoms with Gasteiger partial charge in [-0.05, 0) is 44.5 Å². The van der Waals surface area contributed by atoms with Gasteiger partial charge in [-0.3, -0.25) is 9.69 Å². The molecule has 1 aliphatic heterocycles. The molecule has 1 fully saturated rings. The van der Waals surface area contributed by atoms with Crippen molar-refractivity contribution in [1.29, 1.82) is 0 Å². The Hall–Kier alpha value is -0.610. The molecule has 0 spiro atoms. The maximum Gasteiger partial charge on any atom is 0.178 e. The minimum atomic E-state index is -0.0178. The van der Waals surface area contributed by atoms with Gasteiger partial charge in [-0.15, -0.1) is 0 Å². The highest BCUT2D eigenvalue weighted by atomic mass is 35.5. The SMILES string of the molecule is CN(CC(=O)c1cc(Cl)ccc1Cl)CC1CCCCO1. The average molecular weight is 316 g/mol. The van der Waals surface area contributed by atoms with Crippen molar-refractivity contribution >= 4 is 29.0 Å². The second-order valence-corrected chi connectivity index (χ2v) is 6.08. The van der Waals surface area contributed by atoms with Crippen LogP contribution < -0.4 is 0 Å². The standard InChI is InChI=1S/C15H19Cl2NO2/c1-18(9-12-4-2-3-7-20-12)10-15(19)13-8-11(16)5-6-14(13)17/h5-6,8,12H,2-4,7,9-10H2,1H3.